The number of hydrogen-bond acceptors (Lipinski definition) is 6. The third-order valence-electron chi connectivity index (χ3n) is 5.72. The molecular weight excluding hydrogens is 404 g/mol. The van der Waals surface area contributed by atoms with Crippen molar-refractivity contribution < 1.29 is 14.2 Å². The monoisotopic (exact) mass is 442 g/mol. The summed E-state index contributed by atoms with van der Waals surface area (Å²) < 4.78 is 16.9. The summed E-state index contributed by atoms with van der Waals surface area (Å²) in [5.74, 6) is 2.27. The molecule has 0 radical (unpaired) electrons. The average molecular weight is 443 g/mol. The van der Waals surface area contributed by atoms with Crippen molar-refractivity contribution in [2.45, 2.75) is 45.1 Å². The first-order valence-corrected chi connectivity index (χ1v) is 11.7. The zero-order chi connectivity index (χ0) is 22.6. The van der Waals surface area contributed by atoms with Crippen molar-refractivity contribution in [2.24, 2.45) is 4.99 Å². The first-order chi connectivity index (χ1) is 15.6. The molecule has 1 aromatic carbocycles. The van der Waals surface area contributed by atoms with Crippen molar-refractivity contribution in [2.75, 3.05) is 51.9 Å². The minimum Gasteiger partial charge on any atom is -0.493 e. The van der Waals surface area contributed by atoms with Crippen LogP contribution in [0, 0.1) is 0 Å². The lowest BCUT2D eigenvalue weighted by Gasteiger charge is -2.24. The molecule has 32 heavy (non-hydrogen) atoms. The summed E-state index contributed by atoms with van der Waals surface area (Å²) in [7, 11) is 1.66. The number of rotatable bonds is 11. The Bertz CT molecular complexity index is 781. The van der Waals surface area contributed by atoms with Crippen molar-refractivity contribution in [3.05, 3.63) is 42.8 Å². The molecule has 2 aliphatic rings. The van der Waals surface area contributed by atoms with E-state index in [0.717, 1.165) is 67.7 Å². The van der Waals surface area contributed by atoms with E-state index in [1.807, 2.05) is 31.2 Å². The van der Waals surface area contributed by atoms with Crippen LogP contribution in [0.4, 0.5) is 5.69 Å². The SMILES string of the molecule is C=C(/C=C\N=C(/C)Nc1ccc(OC)c(OCCCN2CCCC2)c1)NC1CCOCC1. The van der Waals surface area contributed by atoms with Crippen LogP contribution in [0.2, 0.25) is 0 Å². The van der Waals surface area contributed by atoms with Gasteiger partial charge in [0.25, 0.3) is 0 Å². The first-order valence-electron chi connectivity index (χ1n) is 11.7. The zero-order valence-corrected chi connectivity index (χ0v) is 19.6. The molecule has 0 aliphatic carbocycles. The Balaban J connectivity index is 1.46. The summed E-state index contributed by atoms with van der Waals surface area (Å²) in [6.45, 7) is 11.8. The lowest BCUT2D eigenvalue weighted by molar-refractivity contribution is 0.0807. The molecule has 176 valence electrons. The van der Waals surface area contributed by atoms with Crippen LogP contribution in [-0.4, -0.2) is 63.3 Å². The summed E-state index contributed by atoms with van der Waals surface area (Å²) in [5.41, 5.74) is 1.77. The Labute approximate surface area is 192 Å². The van der Waals surface area contributed by atoms with Crippen LogP contribution in [0.1, 0.15) is 39.0 Å². The van der Waals surface area contributed by atoms with Crippen LogP contribution in [-0.2, 0) is 4.74 Å². The van der Waals surface area contributed by atoms with Crippen LogP contribution in [0.5, 0.6) is 11.5 Å². The molecular formula is C25H38N4O3. The van der Waals surface area contributed by atoms with Crippen LogP contribution in [0.3, 0.4) is 0 Å². The van der Waals surface area contributed by atoms with Crippen LogP contribution in [0.25, 0.3) is 0 Å². The molecule has 7 heteroatoms. The highest BCUT2D eigenvalue weighted by molar-refractivity contribution is 5.94. The van der Waals surface area contributed by atoms with Gasteiger partial charge in [0.2, 0.25) is 0 Å². The predicted octanol–water partition coefficient (Wildman–Crippen LogP) is 4.19. The number of nitrogens with one attached hydrogen (secondary N) is 2. The lowest BCUT2D eigenvalue weighted by atomic mass is 10.1. The summed E-state index contributed by atoms with van der Waals surface area (Å²) in [4.78, 5) is 6.97. The van der Waals surface area contributed by atoms with Gasteiger partial charge in [0.05, 0.1) is 13.7 Å². The molecule has 2 heterocycles. The number of ether oxygens (including phenoxy) is 3. The topological polar surface area (TPSA) is 67.4 Å². The zero-order valence-electron chi connectivity index (χ0n) is 19.6. The quantitative estimate of drug-likeness (QED) is 0.232. The van der Waals surface area contributed by atoms with Crippen molar-refractivity contribution in [1.82, 2.24) is 10.2 Å². The number of aliphatic imine (C=N–C) groups is 1. The molecule has 0 unspecified atom stereocenters. The van der Waals surface area contributed by atoms with Gasteiger partial charge in [0.15, 0.2) is 11.5 Å². The number of anilines is 1. The van der Waals surface area contributed by atoms with Gasteiger partial charge in [-0.25, -0.2) is 4.99 Å². The van der Waals surface area contributed by atoms with Gasteiger partial charge in [-0.1, -0.05) is 6.58 Å². The molecule has 0 bridgehead atoms. The van der Waals surface area contributed by atoms with Gasteiger partial charge in [0, 0.05) is 49.5 Å². The van der Waals surface area contributed by atoms with Crippen LogP contribution < -0.4 is 20.1 Å². The second-order valence-electron chi connectivity index (χ2n) is 8.33. The maximum Gasteiger partial charge on any atom is 0.163 e. The number of benzene rings is 1. The average Bonchev–Trinajstić information content (AvgIpc) is 3.31. The highest BCUT2D eigenvalue weighted by Gasteiger charge is 2.13. The number of amidine groups is 1. The Hall–Kier alpha value is -2.51. The summed E-state index contributed by atoms with van der Waals surface area (Å²) >= 11 is 0. The third kappa shape index (κ3) is 8.20. The molecule has 2 fully saturated rings. The van der Waals surface area contributed by atoms with E-state index in [-0.39, 0.29) is 0 Å². The second kappa shape index (κ2) is 13.1. The highest BCUT2D eigenvalue weighted by Crippen LogP contribution is 2.30. The number of methoxy groups -OCH3 is 1. The molecule has 0 saturated carbocycles. The van der Waals surface area contributed by atoms with Crippen molar-refractivity contribution >= 4 is 11.5 Å². The Morgan fingerprint density at radius 1 is 1.25 bits per heavy atom. The Morgan fingerprint density at radius 2 is 2.03 bits per heavy atom. The molecule has 0 atom stereocenters. The lowest BCUT2D eigenvalue weighted by Crippen LogP contribution is -2.33. The van der Waals surface area contributed by atoms with Gasteiger partial charge < -0.3 is 29.7 Å². The molecule has 2 aliphatic heterocycles. The molecule has 0 aromatic heterocycles. The van der Waals surface area contributed by atoms with E-state index in [0.29, 0.717) is 12.6 Å². The summed E-state index contributed by atoms with van der Waals surface area (Å²) in [5, 5.41) is 6.73. The molecule has 0 spiro atoms. The summed E-state index contributed by atoms with van der Waals surface area (Å²) in [6.07, 6.45) is 9.32. The number of nitrogens with zero attached hydrogens (tertiary/aromatic N) is 2. The van der Waals surface area contributed by atoms with E-state index in [4.69, 9.17) is 14.2 Å². The van der Waals surface area contributed by atoms with E-state index < -0.39 is 0 Å². The molecule has 2 saturated heterocycles. The van der Waals surface area contributed by atoms with Gasteiger partial charge >= 0.3 is 0 Å². The van der Waals surface area contributed by atoms with Crippen LogP contribution in [0.15, 0.2) is 47.7 Å². The fraction of sp³-hybridized carbons (Fsp3) is 0.560. The fourth-order valence-electron chi connectivity index (χ4n) is 3.98. The molecule has 0 amide bonds. The van der Waals surface area contributed by atoms with E-state index in [2.05, 4.69) is 27.1 Å². The van der Waals surface area contributed by atoms with Crippen molar-refractivity contribution in [3.63, 3.8) is 0 Å². The van der Waals surface area contributed by atoms with Gasteiger partial charge in [-0.3, -0.25) is 0 Å². The van der Waals surface area contributed by atoms with E-state index in [1.165, 1.54) is 25.9 Å². The molecule has 1 aromatic rings. The van der Waals surface area contributed by atoms with Gasteiger partial charge in [0.1, 0.15) is 5.84 Å². The molecule has 2 N–H and O–H groups in total. The van der Waals surface area contributed by atoms with Crippen molar-refractivity contribution in [1.29, 1.82) is 0 Å². The number of likely N-dealkylation sites (tertiary alicyclic amines) is 1. The van der Waals surface area contributed by atoms with Gasteiger partial charge in [-0.2, -0.15) is 0 Å². The fourth-order valence-corrected chi connectivity index (χ4v) is 3.98. The van der Waals surface area contributed by atoms with Crippen molar-refractivity contribution in [3.8, 4) is 11.5 Å². The standard InChI is InChI=1S/C25H38N4O3/c1-20(27-22-10-17-31-18-11-22)9-12-26-21(2)28-23-7-8-24(30-3)25(19-23)32-16-6-15-29-13-4-5-14-29/h7-9,12,19,22,27H,1,4-6,10-11,13-18H2,2-3H3,(H,26,28)/b12-9-. The molecule has 3 rings (SSSR count). The highest BCUT2D eigenvalue weighted by atomic mass is 16.5. The minimum atomic E-state index is 0.428. The first kappa shape index (κ1) is 24.1. The summed E-state index contributed by atoms with van der Waals surface area (Å²) in [6, 6.07) is 6.27. The van der Waals surface area contributed by atoms with E-state index in [9.17, 15) is 0 Å². The smallest absolute Gasteiger partial charge is 0.163 e. The second-order valence-corrected chi connectivity index (χ2v) is 8.33. The van der Waals surface area contributed by atoms with Crippen LogP contribution >= 0.6 is 0 Å². The molecule has 7 nitrogen and oxygen atoms in total. The third-order valence-corrected chi connectivity index (χ3v) is 5.72. The Kier molecular flexibility index (Phi) is 9.91. The maximum atomic E-state index is 6.02. The Morgan fingerprint density at radius 3 is 2.78 bits per heavy atom. The van der Waals surface area contributed by atoms with E-state index in [1.54, 1.807) is 13.3 Å². The minimum absolute atomic E-state index is 0.428. The van der Waals surface area contributed by atoms with Gasteiger partial charge in [-0.05, 0) is 70.3 Å². The van der Waals surface area contributed by atoms with E-state index >= 15 is 0 Å². The maximum absolute atomic E-state index is 6.02. The largest absolute Gasteiger partial charge is 0.493 e. The number of hydrogen-bond donors (Lipinski definition) is 2. The predicted molar refractivity (Wildman–Crippen MR) is 131 cm³/mol. The van der Waals surface area contributed by atoms with Gasteiger partial charge in [-0.15, -0.1) is 0 Å². The number of allylic oxidation sites excluding steroid dienone is 1. The normalized spacial score (nSPS) is 18.1.